The molecule has 0 amide bonds. The van der Waals surface area contributed by atoms with Gasteiger partial charge in [-0.25, -0.2) is 0 Å². The van der Waals surface area contributed by atoms with Crippen LogP contribution >= 0.6 is 0 Å². The summed E-state index contributed by atoms with van der Waals surface area (Å²) < 4.78 is 0. The Hall–Kier alpha value is -1.99. The van der Waals surface area contributed by atoms with Crippen LogP contribution in [0.3, 0.4) is 0 Å². The molecule has 0 heterocycles. The molecule has 1 aliphatic carbocycles. The van der Waals surface area contributed by atoms with Gasteiger partial charge >= 0.3 is 0 Å². The predicted octanol–water partition coefficient (Wildman–Crippen LogP) is 6.54. The first-order valence-electron chi connectivity index (χ1n) is 10.9. The lowest BCUT2D eigenvalue weighted by atomic mass is 9.74. The normalized spacial score (nSPS) is 18.4. The van der Waals surface area contributed by atoms with Crippen molar-refractivity contribution in [3.05, 3.63) is 89.5 Å². The van der Waals surface area contributed by atoms with Crippen LogP contribution in [0.5, 0.6) is 0 Å². The number of nitrogens with one attached hydrogen (secondary N) is 2. The number of rotatable bonds is 5. The second-order valence-corrected chi connectivity index (χ2v) is 20.1. The highest BCUT2D eigenvalue weighted by Gasteiger charge is 2.46. The second-order valence-electron chi connectivity index (χ2n) is 10.6. The van der Waals surface area contributed by atoms with Crippen LogP contribution in [-0.2, 0) is 0 Å². The first-order chi connectivity index (χ1) is 14.1. The van der Waals surface area contributed by atoms with Crippen molar-refractivity contribution in [1.29, 1.82) is 0 Å². The Morgan fingerprint density at radius 2 is 1.23 bits per heavy atom. The van der Waals surface area contributed by atoms with Gasteiger partial charge in [-0.1, -0.05) is 112 Å². The van der Waals surface area contributed by atoms with Gasteiger partial charge < -0.3 is 9.96 Å². The molecule has 1 aliphatic rings. The van der Waals surface area contributed by atoms with E-state index >= 15 is 0 Å². The average Bonchev–Trinajstić information content (AvgIpc) is 2.65. The molecule has 1 atom stereocenters. The van der Waals surface area contributed by atoms with Gasteiger partial charge in [-0.3, -0.25) is 0 Å². The molecule has 3 aromatic rings. The van der Waals surface area contributed by atoms with Crippen LogP contribution in [0.15, 0.2) is 72.8 Å². The maximum Gasteiger partial charge on any atom is 0.118 e. The fraction of sp³-hybridized carbons (Fsp3) is 0.308. The quantitative estimate of drug-likeness (QED) is 0.354. The maximum absolute atomic E-state index is 4.16. The Morgan fingerprint density at radius 3 is 1.93 bits per heavy atom. The molecule has 0 aliphatic heterocycles. The molecule has 1 unspecified atom stereocenters. The van der Waals surface area contributed by atoms with E-state index < -0.39 is 16.5 Å². The largest absolute Gasteiger partial charge is 0.317 e. The molecule has 2 N–H and O–H groups in total. The van der Waals surface area contributed by atoms with Gasteiger partial charge in [-0.2, -0.15) is 0 Å². The van der Waals surface area contributed by atoms with Gasteiger partial charge in [0.1, 0.15) is 16.5 Å². The molecule has 4 heteroatoms. The third-order valence-corrected chi connectivity index (χ3v) is 7.91. The molecule has 0 aromatic heterocycles. The summed E-state index contributed by atoms with van der Waals surface area (Å²) in [5.74, 6) is 0.197. The van der Waals surface area contributed by atoms with Gasteiger partial charge in [0.05, 0.1) is 5.66 Å². The molecule has 4 rings (SSSR count). The zero-order chi connectivity index (χ0) is 21.6. The molecular formula is C26H34N2Si2. The van der Waals surface area contributed by atoms with Gasteiger partial charge in [0.15, 0.2) is 0 Å². The Bertz CT molecular complexity index is 1070. The summed E-state index contributed by atoms with van der Waals surface area (Å²) in [4.78, 5) is 8.32. The smallest absolute Gasteiger partial charge is 0.118 e. The number of hydrogen-bond donors (Lipinski definition) is 2. The molecule has 3 aromatic carbocycles. The van der Waals surface area contributed by atoms with Gasteiger partial charge in [0.25, 0.3) is 0 Å². The second kappa shape index (κ2) is 7.61. The summed E-state index contributed by atoms with van der Waals surface area (Å²) in [5, 5.41) is 2.64. The van der Waals surface area contributed by atoms with E-state index in [2.05, 4.69) is 128 Å². The van der Waals surface area contributed by atoms with Gasteiger partial charge in [0, 0.05) is 5.92 Å². The van der Waals surface area contributed by atoms with Crippen molar-refractivity contribution >= 4 is 33.3 Å². The lowest BCUT2D eigenvalue weighted by Crippen LogP contribution is -2.71. The number of benzene rings is 3. The number of fused-ring (bicyclic) bond motifs is 2. The number of hydrogen-bond acceptors (Lipinski definition) is 2. The Balaban J connectivity index is 2.03. The highest BCUT2D eigenvalue weighted by molar-refractivity contribution is 6.75. The van der Waals surface area contributed by atoms with Crippen molar-refractivity contribution in [2.75, 3.05) is 0 Å². The summed E-state index contributed by atoms with van der Waals surface area (Å²) in [5.41, 5.74) is 3.81. The zero-order valence-corrected chi connectivity index (χ0v) is 21.1. The van der Waals surface area contributed by atoms with E-state index in [1.54, 1.807) is 0 Å². The summed E-state index contributed by atoms with van der Waals surface area (Å²) in [6.45, 7) is 14.4. The van der Waals surface area contributed by atoms with Crippen molar-refractivity contribution in [1.82, 2.24) is 9.96 Å². The third kappa shape index (κ3) is 4.23. The first kappa shape index (κ1) is 21.3. The summed E-state index contributed by atoms with van der Waals surface area (Å²) >= 11 is 0. The maximum atomic E-state index is 4.16. The van der Waals surface area contributed by atoms with E-state index in [-0.39, 0.29) is 11.6 Å². The minimum absolute atomic E-state index is 0.197. The Labute approximate surface area is 183 Å². The summed E-state index contributed by atoms with van der Waals surface area (Å²) in [7, 11) is -3.24. The Morgan fingerprint density at radius 1 is 0.667 bits per heavy atom. The molecule has 0 spiro atoms. The molecule has 30 heavy (non-hydrogen) atoms. The molecule has 0 bridgehead atoms. The van der Waals surface area contributed by atoms with Crippen molar-refractivity contribution in [3.63, 3.8) is 0 Å². The van der Waals surface area contributed by atoms with Gasteiger partial charge in [-0.15, -0.1) is 0 Å². The first-order valence-corrected chi connectivity index (χ1v) is 17.9. The van der Waals surface area contributed by atoms with E-state index in [0.717, 1.165) is 0 Å². The minimum atomic E-state index is -1.62. The summed E-state index contributed by atoms with van der Waals surface area (Å²) in [6, 6.07) is 24.5. The highest BCUT2D eigenvalue weighted by Crippen LogP contribution is 2.44. The lowest BCUT2D eigenvalue weighted by Gasteiger charge is -2.50. The fourth-order valence-electron chi connectivity index (χ4n) is 4.90. The van der Waals surface area contributed by atoms with Crippen LogP contribution < -0.4 is 9.96 Å². The minimum Gasteiger partial charge on any atom is -0.317 e. The van der Waals surface area contributed by atoms with Crippen LogP contribution in [0.1, 0.15) is 22.6 Å². The lowest BCUT2D eigenvalue weighted by molar-refractivity contribution is 0.391. The van der Waals surface area contributed by atoms with E-state index in [1.165, 1.54) is 27.5 Å². The van der Waals surface area contributed by atoms with E-state index in [4.69, 9.17) is 0 Å². The van der Waals surface area contributed by atoms with Crippen molar-refractivity contribution < 1.29 is 0 Å². The SMILES string of the molecule is C[Si](C)(C)NC1(N[Si](C)(C)C)C=Cc2ccccc2C1c1cccc2ccccc12. The monoisotopic (exact) mass is 430 g/mol. The van der Waals surface area contributed by atoms with Crippen LogP contribution in [0.25, 0.3) is 16.8 Å². The third-order valence-electron chi connectivity index (χ3n) is 5.59. The zero-order valence-electron chi connectivity index (χ0n) is 19.1. The average molecular weight is 431 g/mol. The van der Waals surface area contributed by atoms with Crippen molar-refractivity contribution in [2.24, 2.45) is 0 Å². The van der Waals surface area contributed by atoms with E-state index in [1.807, 2.05) is 0 Å². The molecular weight excluding hydrogens is 396 g/mol. The predicted molar refractivity (Wildman–Crippen MR) is 137 cm³/mol. The fourth-order valence-corrected chi connectivity index (χ4v) is 8.09. The molecule has 0 saturated heterocycles. The Kier molecular flexibility index (Phi) is 5.39. The summed E-state index contributed by atoms with van der Waals surface area (Å²) in [6.07, 6.45) is 4.73. The van der Waals surface area contributed by atoms with Crippen molar-refractivity contribution in [3.8, 4) is 0 Å². The van der Waals surface area contributed by atoms with Crippen LogP contribution in [0.2, 0.25) is 39.3 Å². The highest BCUT2D eigenvalue weighted by atomic mass is 28.3. The molecule has 0 saturated carbocycles. The van der Waals surface area contributed by atoms with Crippen LogP contribution in [0, 0.1) is 0 Å². The topological polar surface area (TPSA) is 24.1 Å². The molecule has 0 radical (unpaired) electrons. The van der Waals surface area contributed by atoms with Gasteiger partial charge in [0.2, 0.25) is 0 Å². The molecule has 0 fully saturated rings. The van der Waals surface area contributed by atoms with Crippen molar-refractivity contribution in [2.45, 2.75) is 50.9 Å². The molecule has 2 nitrogen and oxygen atoms in total. The molecule has 156 valence electrons. The standard InChI is InChI=1S/C26H34N2Si2/c1-29(2,3)27-26(28-30(4,5)6)19-18-21-13-8-10-16-23(21)25(26)24-17-11-14-20-12-7-9-15-22(20)24/h7-19,25,27-28H,1-6H3. The van der Waals surface area contributed by atoms with Gasteiger partial charge in [-0.05, 0) is 33.5 Å². The van der Waals surface area contributed by atoms with E-state index in [0.29, 0.717) is 0 Å². The van der Waals surface area contributed by atoms with Crippen LogP contribution in [-0.4, -0.2) is 22.1 Å². The van der Waals surface area contributed by atoms with E-state index in [9.17, 15) is 0 Å². The van der Waals surface area contributed by atoms with Crippen LogP contribution in [0.4, 0.5) is 0 Å².